The van der Waals surface area contributed by atoms with E-state index in [1.54, 1.807) is 52.1 Å². The fraction of sp³-hybridized carbons (Fsp3) is 0.529. The Labute approximate surface area is 136 Å². The predicted molar refractivity (Wildman–Crippen MR) is 86.7 cm³/mol. The van der Waals surface area contributed by atoms with Gasteiger partial charge >= 0.3 is 5.97 Å². The predicted octanol–water partition coefficient (Wildman–Crippen LogP) is 2.47. The number of amides is 1. The molecule has 0 aromatic heterocycles. The number of carboxylic acid groups (broad SMARTS) is 1. The van der Waals surface area contributed by atoms with E-state index in [0.717, 1.165) is 0 Å². The van der Waals surface area contributed by atoms with Gasteiger partial charge in [0.15, 0.2) is 6.10 Å². The molecule has 1 unspecified atom stereocenters. The van der Waals surface area contributed by atoms with E-state index in [1.807, 2.05) is 0 Å². The van der Waals surface area contributed by atoms with Crippen molar-refractivity contribution in [1.29, 1.82) is 0 Å². The van der Waals surface area contributed by atoms with Crippen molar-refractivity contribution in [3.63, 3.8) is 0 Å². The fourth-order valence-electron chi connectivity index (χ4n) is 2.19. The van der Waals surface area contributed by atoms with Crippen LogP contribution in [0, 0.1) is 5.41 Å². The summed E-state index contributed by atoms with van der Waals surface area (Å²) >= 11 is 0. The fourth-order valence-corrected chi connectivity index (χ4v) is 2.19. The zero-order valence-corrected chi connectivity index (χ0v) is 14.1. The zero-order chi connectivity index (χ0) is 17.5. The van der Waals surface area contributed by atoms with Crippen LogP contribution in [0.4, 0.5) is 0 Å². The van der Waals surface area contributed by atoms with Crippen molar-refractivity contribution in [2.45, 2.75) is 39.7 Å². The van der Waals surface area contributed by atoms with E-state index in [4.69, 9.17) is 9.47 Å². The lowest BCUT2D eigenvalue weighted by molar-refractivity contribution is -0.149. The normalized spacial score (nSPS) is 12.3. The molecule has 2 N–H and O–H groups in total. The maximum atomic E-state index is 12.1. The number of nitrogens with one attached hydrogen (secondary N) is 1. The lowest BCUT2D eigenvalue weighted by Gasteiger charge is -2.27. The maximum absolute atomic E-state index is 12.1. The molecule has 0 aliphatic rings. The summed E-state index contributed by atoms with van der Waals surface area (Å²) in [5.41, 5.74) is -0.935. The number of carbonyl (C=O) groups excluding carboxylic acids is 1. The van der Waals surface area contributed by atoms with Crippen molar-refractivity contribution >= 4 is 11.9 Å². The van der Waals surface area contributed by atoms with Crippen LogP contribution in [0.5, 0.6) is 11.5 Å². The maximum Gasteiger partial charge on any atom is 0.311 e. The van der Waals surface area contributed by atoms with Crippen molar-refractivity contribution < 1.29 is 24.2 Å². The molecule has 0 aliphatic carbocycles. The van der Waals surface area contributed by atoms with Crippen molar-refractivity contribution in [3.8, 4) is 11.5 Å². The van der Waals surface area contributed by atoms with Crippen LogP contribution in [0.15, 0.2) is 24.3 Å². The van der Waals surface area contributed by atoms with Crippen LogP contribution in [0.1, 0.15) is 33.6 Å². The number of rotatable bonds is 9. The smallest absolute Gasteiger partial charge is 0.311 e. The van der Waals surface area contributed by atoms with Gasteiger partial charge in [-0.15, -0.1) is 0 Å². The molecular formula is C17H25NO5. The SMILES string of the molecule is CCC(CC)(CNC(=O)C(C)Oc1ccc(OC)cc1)C(=O)O. The highest BCUT2D eigenvalue weighted by Crippen LogP contribution is 2.25. The van der Waals surface area contributed by atoms with E-state index in [9.17, 15) is 14.7 Å². The third-order valence-electron chi connectivity index (χ3n) is 4.15. The van der Waals surface area contributed by atoms with Gasteiger partial charge in [0.25, 0.3) is 5.91 Å². The summed E-state index contributed by atoms with van der Waals surface area (Å²) in [6.07, 6.45) is 0.184. The van der Waals surface area contributed by atoms with Gasteiger partial charge in [0.2, 0.25) is 0 Å². The second-order valence-electron chi connectivity index (χ2n) is 5.45. The first-order valence-electron chi connectivity index (χ1n) is 7.70. The van der Waals surface area contributed by atoms with Gasteiger partial charge < -0.3 is 19.9 Å². The van der Waals surface area contributed by atoms with Gasteiger partial charge in [-0.3, -0.25) is 9.59 Å². The van der Waals surface area contributed by atoms with Gasteiger partial charge in [-0.1, -0.05) is 13.8 Å². The van der Waals surface area contributed by atoms with Gasteiger partial charge in [0.1, 0.15) is 11.5 Å². The van der Waals surface area contributed by atoms with Crippen LogP contribution in [0.2, 0.25) is 0 Å². The van der Waals surface area contributed by atoms with E-state index in [-0.39, 0.29) is 12.5 Å². The van der Waals surface area contributed by atoms with E-state index in [0.29, 0.717) is 24.3 Å². The van der Waals surface area contributed by atoms with Gasteiger partial charge in [0, 0.05) is 6.54 Å². The largest absolute Gasteiger partial charge is 0.497 e. The number of carboxylic acids is 1. The van der Waals surface area contributed by atoms with Gasteiger partial charge in [-0.2, -0.15) is 0 Å². The van der Waals surface area contributed by atoms with Crippen LogP contribution in [-0.4, -0.2) is 36.7 Å². The quantitative estimate of drug-likeness (QED) is 0.729. The molecule has 1 amide bonds. The molecule has 128 valence electrons. The Morgan fingerprint density at radius 2 is 1.70 bits per heavy atom. The van der Waals surface area contributed by atoms with Crippen LogP contribution < -0.4 is 14.8 Å². The van der Waals surface area contributed by atoms with E-state index < -0.39 is 17.5 Å². The summed E-state index contributed by atoms with van der Waals surface area (Å²) < 4.78 is 10.6. The monoisotopic (exact) mass is 323 g/mol. The van der Waals surface area contributed by atoms with Crippen molar-refractivity contribution in [2.75, 3.05) is 13.7 Å². The molecule has 0 radical (unpaired) electrons. The molecule has 0 heterocycles. The minimum absolute atomic E-state index is 0.0878. The van der Waals surface area contributed by atoms with E-state index in [1.165, 1.54) is 0 Å². The minimum Gasteiger partial charge on any atom is -0.497 e. The standard InChI is InChI=1S/C17H25NO5/c1-5-17(6-2,16(20)21)11-18-15(19)12(3)23-14-9-7-13(22-4)8-10-14/h7-10,12H,5-6,11H2,1-4H3,(H,18,19)(H,20,21). The van der Waals surface area contributed by atoms with Crippen LogP contribution in [0.25, 0.3) is 0 Å². The van der Waals surface area contributed by atoms with E-state index >= 15 is 0 Å². The van der Waals surface area contributed by atoms with Crippen molar-refractivity contribution in [2.24, 2.45) is 5.41 Å². The molecule has 1 atom stereocenters. The van der Waals surface area contributed by atoms with Gasteiger partial charge in [-0.05, 0) is 44.0 Å². The third-order valence-corrected chi connectivity index (χ3v) is 4.15. The zero-order valence-electron chi connectivity index (χ0n) is 14.1. The average molecular weight is 323 g/mol. The van der Waals surface area contributed by atoms with Crippen LogP contribution in [0.3, 0.4) is 0 Å². The summed E-state index contributed by atoms with van der Waals surface area (Å²) in [6, 6.07) is 6.90. The highest BCUT2D eigenvalue weighted by atomic mass is 16.5. The number of ether oxygens (including phenoxy) is 2. The number of carbonyl (C=O) groups is 2. The summed E-state index contributed by atoms with van der Waals surface area (Å²) in [7, 11) is 1.57. The van der Waals surface area contributed by atoms with Gasteiger partial charge in [-0.25, -0.2) is 0 Å². The van der Waals surface area contributed by atoms with Crippen molar-refractivity contribution in [3.05, 3.63) is 24.3 Å². The number of aliphatic carboxylic acids is 1. The Bertz CT molecular complexity index is 522. The molecule has 0 saturated carbocycles. The molecule has 0 saturated heterocycles. The summed E-state index contributed by atoms with van der Waals surface area (Å²) in [6.45, 7) is 5.33. The third kappa shape index (κ3) is 4.87. The average Bonchev–Trinajstić information content (AvgIpc) is 2.56. The molecule has 6 nitrogen and oxygen atoms in total. The highest BCUT2D eigenvalue weighted by Gasteiger charge is 2.35. The Hall–Kier alpha value is -2.24. The molecule has 6 heteroatoms. The lowest BCUT2D eigenvalue weighted by Crippen LogP contribution is -2.46. The second-order valence-corrected chi connectivity index (χ2v) is 5.45. The second kappa shape index (κ2) is 8.41. The number of hydrogen-bond donors (Lipinski definition) is 2. The Kier molecular flexibility index (Phi) is 6.88. The summed E-state index contributed by atoms with van der Waals surface area (Å²) in [5, 5.41) is 12.0. The number of hydrogen-bond acceptors (Lipinski definition) is 4. The number of benzene rings is 1. The topological polar surface area (TPSA) is 84.9 Å². The molecule has 1 aromatic rings. The van der Waals surface area contributed by atoms with E-state index in [2.05, 4.69) is 5.32 Å². The Morgan fingerprint density at radius 1 is 1.17 bits per heavy atom. The molecule has 1 aromatic carbocycles. The van der Waals surface area contributed by atoms with Crippen LogP contribution >= 0.6 is 0 Å². The highest BCUT2D eigenvalue weighted by molar-refractivity contribution is 5.82. The molecule has 0 bridgehead atoms. The van der Waals surface area contributed by atoms with Gasteiger partial charge in [0.05, 0.1) is 12.5 Å². The summed E-state index contributed by atoms with van der Waals surface area (Å²) in [5.74, 6) is 0.00962. The number of methoxy groups -OCH3 is 1. The minimum atomic E-state index is -0.935. The molecule has 0 fully saturated rings. The Balaban J connectivity index is 2.60. The molecule has 0 aliphatic heterocycles. The van der Waals surface area contributed by atoms with Crippen LogP contribution in [-0.2, 0) is 9.59 Å². The molecule has 23 heavy (non-hydrogen) atoms. The first kappa shape index (κ1) is 18.8. The lowest BCUT2D eigenvalue weighted by atomic mass is 9.82. The first-order valence-corrected chi connectivity index (χ1v) is 7.70. The molecular weight excluding hydrogens is 298 g/mol. The summed E-state index contributed by atoms with van der Waals surface area (Å²) in [4.78, 5) is 23.5. The first-order chi connectivity index (χ1) is 10.9. The Morgan fingerprint density at radius 3 is 2.13 bits per heavy atom. The molecule has 1 rings (SSSR count). The van der Waals surface area contributed by atoms with Crippen molar-refractivity contribution in [1.82, 2.24) is 5.32 Å². The molecule has 0 spiro atoms.